The Labute approximate surface area is 167 Å². The Morgan fingerprint density at radius 2 is 1.79 bits per heavy atom. The quantitative estimate of drug-likeness (QED) is 0.581. The number of benzene rings is 1. The molecule has 0 atom stereocenters. The Morgan fingerprint density at radius 3 is 2.39 bits per heavy atom. The predicted molar refractivity (Wildman–Crippen MR) is 109 cm³/mol. The van der Waals surface area contributed by atoms with Crippen molar-refractivity contribution in [3.63, 3.8) is 0 Å². The predicted octanol–water partition coefficient (Wildman–Crippen LogP) is 1.13. The Kier molecular flexibility index (Phi) is 8.65. The summed E-state index contributed by atoms with van der Waals surface area (Å²) in [5, 5.41) is 2.90. The van der Waals surface area contributed by atoms with E-state index in [2.05, 4.69) is 22.2 Å². The second-order valence-corrected chi connectivity index (χ2v) is 9.17. The first-order chi connectivity index (χ1) is 13.3. The van der Waals surface area contributed by atoms with Crippen LogP contribution in [-0.2, 0) is 14.8 Å². The molecule has 9 heteroatoms. The molecule has 7 nitrogen and oxygen atoms in total. The first kappa shape index (κ1) is 22.6. The van der Waals surface area contributed by atoms with Gasteiger partial charge in [-0.15, -0.1) is 0 Å². The summed E-state index contributed by atoms with van der Waals surface area (Å²) < 4.78 is 38.3. The Balaban J connectivity index is 1.67. The van der Waals surface area contributed by atoms with Crippen molar-refractivity contribution < 1.29 is 17.6 Å². The normalized spacial score (nSPS) is 16.1. The molecule has 1 amide bonds. The smallest absolute Gasteiger partial charge is 0.232 e. The molecular weight excluding hydrogens is 383 g/mol. The molecule has 0 unspecified atom stereocenters. The van der Waals surface area contributed by atoms with Crippen molar-refractivity contribution in [1.82, 2.24) is 15.1 Å². The highest BCUT2D eigenvalue weighted by molar-refractivity contribution is 7.92. The maximum Gasteiger partial charge on any atom is 0.232 e. The minimum Gasteiger partial charge on any atom is -0.356 e. The van der Waals surface area contributed by atoms with Gasteiger partial charge in [0.2, 0.25) is 15.9 Å². The van der Waals surface area contributed by atoms with E-state index in [1.165, 1.54) is 28.6 Å². The first-order valence-corrected chi connectivity index (χ1v) is 11.5. The fourth-order valence-corrected chi connectivity index (χ4v) is 4.13. The second-order valence-electron chi connectivity index (χ2n) is 7.26. The number of amides is 1. The van der Waals surface area contributed by atoms with Crippen molar-refractivity contribution in [2.24, 2.45) is 0 Å². The van der Waals surface area contributed by atoms with Crippen LogP contribution in [0, 0.1) is 5.82 Å². The minimum absolute atomic E-state index is 0.0778. The molecule has 1 aromatic rings. The van der Waals surface area contributed by atoms with E-state index in [-0.39, 0.29) is 18.9 Å². The largest absolute Gasteiger partial charge is 0.356 e. The van der Waals surface area contributed by atoms with Crippen molar-refractivity contribution in [1.29, 1.82) is 0 Å². The number of hydrogen-bond donors (Lipinski definition) is 1. The monoisotopic (exact) mass is 414 g/mol. The van der Waals surface area contributed by atoms with E-state index in [1.54, 1.807) is 0 Å². The number of nitrogens with zero attached hydrogens (tertiary/aromatic N) is 3. The summed E-state index contributed by atoms with van der Waals surface area (Å²) >= 11 is 0. The third kappa shape index (κ3) is 7.73. The SMILES string of the molecule is CN1CCN(CCCNC(=O)CCCN(c2ccc(F)cc2)S(C)(=O)=O)CC1. The number of likely N-dealkylation sites (N-methyl/N-ethyl adjacent to an activating group) is 1. The van der Waals surface area contributed by atoms with Gasteiger partial charge < -0.3 is 15.1 Å². The zero-order valence-corrected chi connectivity index (χ0v) is 17.5. The van der Waals surface area contributed by atoms with Crippen molar-refractivity contribution in [2.45, 2.75) is 19.3 Å². The zero-order valence-electron chi connectivity index (χ0n) is 16.7. The van der Waals surface area contributed by atoms with E-state index in [1.807, 2.05) is 0 Å². The van der Waals surface area contributed by atoms with Gasteiger partial charge in [-0.25, -0.2) is 12.8 Å². The van der Waals surface area contributed by atoms with Gasteiger partial charge in [0.25, 0.3) is 0 Å². The van der Waals surface area contributed by atoms with Gasteiger partial charge in [0, 0.05) is 45.7 Å². The van der Waals surface area contributed by atoms with Crippen molar-refractivity contribution >= 4 is 21.6 Å². The van der Waals surface area contributed by atoms with Crippen LogP contribution in [0.2, 0.25) is 0 Å². The molecule has 1 fully saturated rings. The number of hydrogen-bond acceptors (Lipinski definition) is 5. The molecule has 1 aromatic carbocycles. The maximum absolute atomic E-state index is 13.1. The molecule has 0 radical (unpaired) electrons. The fraction of sp³-hybridized carbons (Fsp3) is 0.632. The van der Waals surface area contributed by atoms with Crippen LogP contribution < -0.4 is 9.62 Å². The molecule has 1 aliphatic rings. The highest BCUT2D eigenvalue weighted by atomic mass is 32.2. The van der Waals surface area contributed by atoms with E-state index in [0.717, 1.165) is 45.4 Å². The second kappa shape index (κ2) is 10.7. The average molecular weight is 415 g/mol. The summed E-state index contributed by atoms with van der Waals surface area (Å²) in [6, 6.07) is 5.30. The van der Waals surface area contributed by atoms with E-state index in [4.69, 9.17) is 0 Å². The summed E-state index contributed by atoms with van der Waals surface area (Å²) in [5.41, 5.74) is 0.400. The first-order valence-electron chi connectivity index (χ1n) is 9.66. The molecule has 158 valence electrons. The number of halogens is 1. The molecule has 0 bridgehead atoms. The van der Waals surface area contributed by atoms with Crippen LogP contribution in [-0.4, -0.2) is 83.2 Å². The van der Waals surface area contributed by atoms with E-state index >= 15 is 0 Å². The van der Waals surface area contributed by atoms with Gasteiger partial charge in [0.1, 0.15) is 5.82 Å². The summed E-state index contributed by atoms with van der Waals surface area (Å²) in [5.74, 6) is -0.501. The topological polar surface area (TPSA) is 73.0 Å². The van der Waals surface area contributed by atoms with Gasteiger partial charge in [-0.1, -0.05) is 0 Å². The van der Waals surface area contributed by atoms with Gasteiger partial charge >= 0.3 is 0 Å². The van der Waals surface area contributed by atoms with Crippen LogP contribution >= 0.6 is 0 Å². The van der Waals surface area contributed by atoms with Crippen LogP contribution in [0.25, 0.3) is 0 Å². The zero-order chi connectivity index (χ0) is 20.6. The van der Waals surface area contributed by atoms with E-state index in [0.29, 0.717) is 18.7 Å². The van der Waals surface area contributed by atoms with Gasteiger partial charge in [-0.3, -0.25) is 9.10 Å². The Hall–Kier alpha value is -1.71. The number of nitrogens with one attached hydrogen (secondary N) is 1. The van der Waals surface area contributed by atoms with Crippen molar-refractivity contribution in [3.05, 3.63) is 30.1 Å². The number of rotatable bonds is 10. The van der Waals surface area contributed by atoms with Crippen molar-refractivity contribution in [3.8, 4) is 0 Å². The fourth-order valence-electron chi connectivity index (χ4n) is 3.17. The van der Waals surface area contributed by atoms with E-state index < -0.39 is 15.8 Å². The van der Waals surface area contributed by atoms with Crippen LogP contribution in [0.4, 0.5) is 10.1 Å². The van der Waals surface area contributed by atoms with Crippen LogP contribution in [0.15, 0.2) is 24.3 Å². The van der Waals surface area contributed by atoms with Crippen molar-refractivity contribution in [2.75, 3.05) is 63.4 Å². The third-order valence-electron chi connectivity index (χ3n) is 4.85. The van der Waals surface area contributed by atoms with E-state index in [9.17, 15) is 17.6 Å². The van der Waals surface area contributed by atoms with Gasteiger partial charge in [-0.2, -0.15) is 0 Å². The lowest BCUT2D eigenvalue weighted by Crippen LogP contribution is -2.45. The molecule has 1 saturated heterocycles. The molecule has 1 heterocycles. The minimum atomic E-state index is -3.50. The van der Waals surface area contributed by atoms with Gasteiger partial charge in [0.05, 0.1) is 11.9 Å². The molecule has 0 aromatic heterocycles. The number of piperazine rings is 1. The van der Waals surface area contributed by atoms with Crippen LogP contribution in [0.3, 0.4) is 0 Å². The lowest BCUT2D eigenvalue weighted by Gasteiger charge is -2.32. The standard InChI is InChI=1S/C19H31FN4O3S/c1-22-13-15-23(16-14-22)11-4-10-21-19(25)5-3-12-24(28(2,26)27)18-8-6-17(20)7-9-18/h6-9H,3-5,10-16H2,1-2H3,(H,21,25). The Bertz CT molecular complexity index is 719. The lowest BCUT2D eigenvalue weighted by atomic mass is 10.2. The number of carbonyl (C=O) groups is 1. The lowest BCUT2D eigenvalue weighted by molar-refractivity contribution is -0.121. The number of sulfonamides is 1. The van der Waals surface area contributed by atoms with Crippen LogP contribution in [0.1, 0.15) is 19.3 Å². The molecule has 2 rings (SSSR count). The van der Waals surface area contributed by atoms with Crippen LogP contribution in [0.5, 0.6) is 0 Å². The highest BCUT2D eigenvalue weighted by Gasteiger charge is 2.18. The number of carbonyl (C=O) groups excluding carboxylic acids is 1. The molecule has 0 saturated carbocycles. The van der Waals surface area contributed by atoms with Gasteiger partial charge in [0.15, 0.2) is 0 Å². The summed E-state index contributed by atoms with van der Waals surface area (Å²) in [6.07, 6.45) is 2.66. The molecule has 1 N–H and O–H groups in total. The highest BCUT2D eigenvalue weighted by Crippen LogP contribution is 2.18. The molecule has 1 aliphatic heterocycles. The molecule has 0 aliphatic carbocycles. The summed E-state index contributed by atoms with van der Waals surface area (Å²) in [7, 11) is -1.37. The summed E-state index contributed by atoms with van der Waals surface area (Å²) in [6.45, 7) is 6.07. The van der Waals surface area contributed by atoms with Gasteiger partial charge in [-0.05, 0) is 50.7 Å². The maximum atomic E-state index is 13.1. The molecular formula is C19H31FN4O3S. The summed E-state index contributed by atoms with van der Waals surface area (Å²) in [4.78, 5) is 16.7. The third-order valence-corrected chi connectivity index (χ3v) is 6.04. The molecule has 28 heavy (non-hydrogen) atoms. The molecule has 0 spiro atoms. The average Bonchev–Trinajstić information content (AvgIpc) is 2.64. The number of anilines is 1. The Morgan fingerprint density at radius 1 is 1.14 bits per heavy atom.